The first-order chi connectivity index (χ1) is 26.5. The van der Waals surface area contributed by atoms with E-state index in [0.29, 0.717) is 0 Å². The highest BCUT2D eigenvalue weighted by Crippen LogP contribution is 2.55. The van der Waals surface area contributed by atoms with Gasteiger partial charge < -0.3 is 9.47 Å². The van der Waals surface area contributed by atoms with Crippen LogP contribution >= 0.6 is 0 Å². The van der Waals surface area contributed by atoms with Crippen molar-refractivity contribution >= 4 is 38.9 Å². The van der Waals surface area contributed by atoms with Gasteiger partial charge in [0, 0.05) is 33.1 Å². The molecule has 55 heavy (non-hydrogen) atoms. The zero-order valence-electron chi connectivity index (χ0n) is 32.8. The lowest BCUT2D eigenvalue weighted by molar-refractivity contribution is 0.331. The van der Waals surface area contributed by atoms with Crippen LogP contribution in [0.1, 0.15) is 76.6 Å². The Balaban J connectivity index is 1.22. The van der Waals surface area contributed by atoms with E-state index in [1.165, 1.54) is 90.5 Å². The third-order valence-corrected chi connectivity index (χ3v) is 13.0. The van der Waals surface area contributed by atoms with E-state index in [1.54, 1.807) is 0 Å². The van der Waals surface area contributed by atoms with Crippen LogP contribution in [0.5, 0.6) is 0 Å². The Hall–Kier alpha value is -5.86. The first kappa shape index (κ1) is 33.7. The van der Waals surface area contributed by atoms with Crippen LogP contribution in [0.4, 0.5) is 17.1 Å². The van der Waals surface area contributed by atoms with E-state index >= 15 is 0 Å². The van der Waals surface area contributed by atoms with Gasteiger partial charge in [0.25, 0.3) is 0 Å². The van der Waals surface area contributed by atoms with Crippen LogP contribution in [0.3, 0.4) is 0 Å². The summed E-state index contributed by atoms with van der Waals surface area (Å²) >= 11 is 0. The minimum absolute atomic E-state index is 0.0690. The maximum Gasteiger partial charge on any atom is 0.0543 e. The van der Waals surface area contributed by atoms with E-state index in [2.05, 4.69) is 209 Å². The molecule has 8 aromatic rings. The second-order valence-corrected chi connectivity index (χ2v) is 17.6. The lowest BCUT2D eigenvalue weighted by Crippen LogP contribution is -2.35. The number of fused-ring (bicyclic) bond motifs is 7. The van der Waals surface area contributed by atoms with Gasteiger partial charge in [-0.05, 0) is 111 Å². The average Bonchev–Trinajstić information content (AvgIpc) is 3.66. The summed E-state index contributed by atoms with van der Waals surface area (Å²) in [7, 11) is 0. The molecule has 0 fully saturated rings. The molecule has 2 aliphatic rings. The SMILES string of the molecule is CC1(C)CCC(C)(C)c2c(-n3c4ccccc4c4cc(N(c5ccc(-c6ccccc6)cc5)c5cccc6c5-c5ccccc5C6(C)C)ccc43)cccc21. The van der Waals surface area contributed by atoms with E-state index in [1.807, 2.05) is 0 Å². The van der Waals surface area contributed by atoms with Gasteiger partial charge in [-0.1, -0.05) is 151 Å². The molecule has 10 rings (SSSR count). The topological polar surface area (TPSA) is 8.17 Å². The predicted molar refractivity (Wildman–Crippen MR) is 234 cm³/mol. The maximum atomic E-state index is 2.55. The number of anilines is 3. The smallest absolute Gasteiger partial charge is 0.0543 e. The van der Waals surface area contributed by atoms with E-state index in [4.69, 9.17) is 0 Å². The van der Waals surface area contributed by atoms with Crippen LogP contribution in [0.2, 0.25) is 0 Å². The molecule has 2 heteroatoms. The van der Waals surface area contributed by atoms with Crippen molar-refractivity contribution in [3.63, 3.8) is 0 Å². The number of hydrogen-bond acceptors (Lipinski definition) is 1. The quantitative estimate of drug-likeness (QED) is 0.172. The van der Waals surface area contributed by atoms with Crippen molar-refractivity contribution in [3.05, 3.63) is 180 Å². The lowest BCUT2D eigenvalue weighted by Gasteiger charge is -2.43. The largest absolute Gasteiger partial charge is 0.310 e. The highest BCUT2D eigenvalue weighted by Gasteiger charge is 2.40. The molecule has 270 valence electrons. The Morgan fingerprint density at radius 1 is 0.473 bits per heavy atom. The van der Waals surface area contributed by atoms with Gasteiger partial charge in [-0.25, -0.2) is 0 Å². The van der Waals surface area contributed by atoms with Crippen LogP contribution in [0, 0.1) is 0 Å². The van der Waals surface area contributed by atoms with Gasteiger partial charge in [-0.15, -0.1) is 0 Å². The second kappa shape index (κ2) is 12.1. The molecule has 0 saturated carbocycles. The zero-order chi connectivity index (χ0) is 37.7. The molecule has 0 N–H and O–H groups in total. The Labute approximate surface area is 325 Å². The van der Waals surface area contributed by atoms with E-state index < -0.39 is 0 Å². The highest BCUT2D eigenvalue weighted by atomic mass is 15.1. The summed E-state index contributed by atoms with van der Waals surface area (Å²) < 4.78 is 2.55. The van der Waals surface area contributed by atoms with E-state index in [9.17, 15) is 0 Å². The van der Waals surface area contributed by atoms with Crippen LogP contribution < -0.4 is 4.90 Å². The van der Waals surface area contributed by atoms with Gasteiger partial charge in [0.2, 0.25) is 0 Å². The summed E-state index contributed by atoms with van der Waals surface area (Å²) in [6.45, 7) is 14.5. The van der Waals surface area contributed by atoms with Gasteiger partial charge in [-0.2, -0.15) is 0 Å². The fourth-order valence-corrected chi connectivity index (χ4v) is 10.0. The predicted octanol–water partition coefficient (Wildman–Crippen LogP) is 14.6. The number of benzene rings is 7. The van der Waals surface area contributed by atoms with Gasteiger partial charge in [0.1, 0.15) is 0 Å². The monoisotopic (exact) mass is 712 g/mol. The molecule has 0 amide bonds. The molecule has 2 nitrogen and oxygen atoms in total. The molecule has 1 aromatic heterocycles. The molecule has 0 aliphatic heterocycles. The molecular formula is C53H48N2. The molecule has 0 saturated heterocycles. The first-order valence-electron chi connectivity index (χ1n) is 19.9. The molecule has 0 unspecified atom stereocenters. The van der Waals surface area contributed by atoms with Crippen molar-refractivity contribution in [3.8, 4) is 27.9 Å². The fourth-order valence-electron chi connectivity index (χ4n) is 10.0. The fraction of sp³-hybridized carbons (Fsp3) is 0.208. The average molecular weight is 713 g/mol. The number of hydrogen-bond donors (Lipinski definition) is 0. The Kier molecular flexibility index (Phi) is 7.39. The standard InChI is InChI=1S/C53H48N2/c1-51(2)32-33-52(3,4)50-44(51)22-15-25-48(50)55-45-23-13-11-18-39(45)41-34-38(30-31-46(41)55)54(37-28-26-36(27-29-37)35-16-8-7-9-17-35)47-24-14-21-43-49(47)40-19-10-12-20-42(40)53(43,5)6/h7-31,34H,32-33H2,1-6H3. The number of nitrogens with zero attached hydrogens (tertiary/aromatic N) is 2. The number of para-hydroxylation sites is 1. The first-order valence-corrected chi connectivity index (χ1v) is 19.9. The third kappa shape index (κ3) is 5.07. The van der Waals surface area contributed by atoms with Gasteiger partial charge in [0.15, 0.2) is 0 Å². The second-order valence-electron chi connectivity index (χ2n) is 17.6. The summed E-state index contributed by atoms with van der Waals surface area (Å²) in [5.74, 6) is 0. The minimum Gasteiger partial charge on any atom is -0.310 e. The van der Waals surface area contributed by atoms with Crippen molar-refractivity contribution in [2.24, 2.45) is 0 Å². The normalized spacial score (nSPS) is 16.1. The maximum absolute atomic E-state index is 2.55. The lowest BCUT2D eigenvalue weighted by atomic mass is 9.62. The number of rotatable bonds is 5. The Morgan fingerprint density at radius 2 is 1.09 bits per heavy atom. The van der Waals surface area contributed by atoms with E-state index in [0.717, 1.165) is 11.4 Å². The van der Waals surface area contributed by atoms with E-state index in [-0.39, 0.29) is 16.2 Å². The van der Waals surface area contributed by atoms with Crippen LogP contribution in [-0.4, -0.2) is 4.57 Å². The Bertz CT molecular complexity index is 2780. The molecule has 0 bridgehead atoms. The van der Waals surface area contributed by atoms with Gasteiger partial charge in [0.05, 0.1) is 22.4 Å². The van der Waals surface area contributed by atoms with Crippen molar-refractivity contribution in [1.82, 2.24) is 4.57 Å². The summed E-state index contributed by atoms with van der Waals surface area (Å²) in [6, 6.07) is 58.8. The molecule has 2 aliphatic carbocycles. The summed E-state index contributed by atoms with van der Waals surface area (Å²) in [6.07, 6.45) is 2.37. The van der Waals surface area contributed by atoms with Crippen molar-refractivity contribution in [1.29, 1.82) is 0 Å². The third-order valence-electron chi connectivity index (χ3n) is 13.0. The highest BCUT2D eigenvalue weighted by molar-refractivity contribution is 6.11. The molecule has 0 radical (unpaired) electrons. The summed E-state index contributed by atoms with van der Waals surface area (Å²) in [5.41, 5.74) is 18.2. The van der Waals surface area contributed by atoms with Crippen LogP contribution in [0.25, 0.3) is 49.7 Å². The summed E-state index contributed by atoms with van der Waals surface area (Å²) in [5, 5.41) is 2.53. The zero-order valence-corrected chi connectivity index (χ0v) is 32.8. The molecule has 7 aromatic carbocycles. The van der Waals surface area contributed by atoms with Crippen molar-refractivity contribution in [2.45, 2.75) is 70.6 Å². The number of aromatic nitrogens is 1. The van der Waals surface area contributed by atoms with Crippen LogP contribution in [-0.2, 0) is 16.2 Å². The summed E-state index contributed by atoms with van der Waals surface area (Å²) in [4.78, 5) is 2.49. The van der Waals surface area contributed by atoms with Crippen LogP contribution in [0.15, 0.2) is 158 Å². The van der Waals surface area contributed by atoms with Gasteiger partial charge in [-0.3, -0.25) is 0 Å². The molecular weight excluding hydrogens is 665 g/mol. The minimum atomic E-state index is -0.0979. The molecule has 0 atom stereocenters. The Morgan fingerprint density at radius 3 is 1.91 bits per heavy atom. The van der Waals surface area contributed by atoms with Crippen molar-refractivity contribution in [2.75, 3.05) is 4.90 Å². The molecule has 1 heterocycles. The molecule has 0 spiro atoms. The van der Waals surface area contributed by atoms with Crippen molar-refractivity contribution < 1.29 is 0 Å². The van der Waals surface area contributed by atoms with Gasteiger partial charge >= 0.3 is 0 Å².